The van der Waals surface area contributed by atoms with E-state index in [0.29, 0.717) is 11.2 Å². The third-order valence-corrected chi connectivity index (χ3v) is 5.39. The summed E-state index contributed by atoms with van der Waals surface area (Å²) >= 11 is 1.54. The molecule has 1 fully saturated rings. The van der Waals surface area contributed by atoms with Crippen LogP contribution >= 0.6 is 11.3 Å². The number of nitrogens with zero attached hydrogens (tertiary/aromatic N) is 3. The lowest BCUT2D eigenvalue weighted by Gasteiger charge is -2.24. The fraction of sp³-hybridized carbons (Fsp3) is 0.471. The first-order chi connectivity index (χ1) is 11.7. The van der Waals surface area contributed by atoms with Gasteiger partial charge in [0, 0.05) is 43.2 Å². The SMILES string of the molecule is CC(=O)Nc1ncc(CN2CCCC2c2cnc3c(c2)OCC3)s1. The van der Waals surface area contributed by atoms with Crippen molar-refractivity contribution in [1.82, 2.24) is 14.9 Å². The van der Waals surface area contributed by atoms with Gasteiger partial charge in [0.05, 0.1) is 12.3 Å². The molecule has 1 amide bonds. The lowest BCUT2D eigenvalue weighted by atomic mass is 10.1. The Labute approximate surface area is 144 Å². The monoisotopic (exact) mass is 344 g/mol. The third-order valence-electron chi connectivity index (χ3n) is 4.49. The Hall–Kier alpha value is -1.99. The second-order valence-corrected chi connectivity index (χ2v) is 7.37. The molecule has 2 aliphatic rings. The second kappa shape index (κ2) is 6.49. The first-order valence-electron chi connectivity index (χ1n) is 8.27. The number of carbonyl (C=O) groups is 1. The number of pyridine rings is 1. The molecule has 1 unspecified atom stereocenters. The Morgan fingerprint density at radius 3 is 3.25 bits per heavy atom. The number of rotatable bonds is 4. The highest BCUT2D eigenvalue weighted by Crippen LogP contribution is 2.36. The topological polar surface area (TPSA) is 67.4 Å². The molecule has 0 aliphatic carbocycles. The maximum absolute atomic E-state index is 11.1. The van der Waals surface area contributed by atoms with Gasteiger partial charge in [0.15, 0.2) is 5.13 Å². The molecule has 24 heavy (non-hydrogen) atoms. The van der Waals surface area contributed by atoms with Crippen LogP contribution in [-0.2, 0) is 17.8 Å². The third kappa shape index (κ3) is 3.14. The Morgan fingerprint density at radius 1 is 1.46 bits per heavy atom. The molecular formula is C17H20N4O2S. The molecule has 2 aromatic rings. The Morgan fingerprint density at radius 2 is 2.38 bits per heavy atom. The molecule has 1 saturated heterocycles. The van der Waals surface area contributed by atoms with Crippen LogP contribution in [0.4, 0.5) is 5.13 Å². The van der Waals surface area contributed by atoms with Gasteiger partial charge in [0.1, 0.15) is 5.75 Å². The minimum atomic E-state index is -0.0841. The van der Waals surface area contributed by atoms with Gasteiger partial charge in [0.25, 0.3) is 0 Å². The molecule has 0 radical (unpaired) electrons. The maximum atomic E-state index is 11.1. The minimum absolute atomic E-state index is 0.0841. The highest BCUT2D eigenvalue weighted by molar-refractivity contribution is 7.15. The molecule has 1 atom stereocenters. The van der Waals surface area contributed by atoms with Gasteiger partial charge in [-0.3, -0.25) is 14.7 Å². The predicted molar refractivity (Wildman–Crippen MR) is 92.2 cm³/mol. The van der Waals surface area contributed by atoms with Gasteiger partial charge >= 0.3 is 0 Å². The van der Waals surface area contributed by atoms with Crippen molar-refractivity contribution in [3.05, 3.63) is 34.6 Å². The summed E-state index contributed by atoms with van der Waals surface area (Å²) in [5.41, 5.74) is 2.31. The van der Waals surface area contributed by atoms with Crippen LogP contribution in [0.3, 0.4) is 0 Å². The number of fused-ring (bicyclic) bond motifs is 1. The zero-order valence-electron chi connectivity index (χ0n) is 13.6. The van der Waals surface area contributed by atoms with Crippen molar-refractivity contribution in [3.63, 3.8) is 0 Å². The van der Waals surface area contributed by atoms with E-state index < -0.39 is 0 Å². The van der Waals surface area contributed by atoms with E-state index in [1.807, 2.05) is 12.4 Å². The van der Waals surface area contributed by atoms with Crippen molar-refractivity contribution in [2.45, 2.75) is 38.8 Å². The van der Waals surface area contributed by atoms with Crippen molar-refractivity contribution in [3.8, 4) is 5.75 Å². The van der Waals surface area contributed by atoms with Gasteiger partial charge in [0.2, 0.25) is 5.91 Å². The van der Waals surface area contributed by atoms with Gasteiger partial charge in [-0.05, 0) is 31.0 Å². The standard InChI is InChI=1S/C17H20N4O2S/c1-11(22)20-17-19-9-13(24-17)10-21-5-2-3-15(21)12-7-16-14(18-8-12)4-6-23-16/h7-9,15H,2-6,10H2,1H3,(H,19,20,22). The van der Waals surface area contributed by atoms with Crippen LogP contribution in [0, 0.1) is 0 Å². The average molecular weight is 344 g/mol. The highest BCUT2D eigenvalue weighted by atomic mass is 32.1. The quantitative estimate of drug-likeness (QED) is 0.924. The Balaban J connectivity index is 1.48. The number of likely N-dealkylation sites (tertiary alicyclic amines) is 1. The van der Waals surface area contributed by atoms with Crippen LogP contribution in [-0.4, -0.2) is 33.9 Å². The normalized spacial score (nSPS) is 20.0. The van der Waals surface area contributed by atoms with E-state index in [1.165, 1.54) is 18.9 Å². The second-order valence-electron chi connectivity index (χ2n) is 6.25. The van der Waals surface area contributed by atoms with Gasteiger partial charge in [-0.15, -0.1) is 11.3 Å². The van der Waals surface area contributed by atoms with E-state index >= 15 is 0 Å². The van der Waals surface area contributed by atoms with Crippen LogP contribution in [0.2, 0.25) is 0 Å². The highest BCUT2D eigenvalue weighted by Gasteiger charge is 2.28. The molecule has 0 saturated carbocycles. The van der Waals surface area contributed by atoms with Crippen LogP contribution in [0.25, 0.3) is 0 Å². The average Bonchev–Trinajstić information content (AvgIpc) is 3.27. The zero-order chi connectivity index (χ0) is 16.5. The zero-order valence-corrected chi connectivity index (χ0v) is 14.4. The number of nitrogens with one attached hydrogen (secondary N) is 1. The summed E-state index contributed by atoms with van der Waals surface area (Å²) < 4.78 is 5.66. The molecule has 0 aromatic carbocycles. The number of hydrogen-bond donors (Lipinski definition) is 1. The number of aromatic nitrogens is 2. The molecule has 2 aliphatic heterocycles. The van der Waals surface area contributed by atoms with Crippen molar-refractivity contribution < 1.29 is 9.53 Å². The number of hydrogen-bond acceptors (Lipinski definition) is 6. The summed E-state index contributed by atoms with van der Waals surface area (Å²) in [6.45, 7) is 4.16. The van der Waals surface area contributed by atoms with Crippen LogP contribution in [0.5, 0.6) is 5.75 Å². The molecule has 2 aromatic heterocycles. The number of carbonyl (C=O) groups excluding carboxylic acids is 1. The van der Waals surface area contributed by atoms with E-state index in [2.05, 4.69) is 26.3 Å². The summed E-state index contributed by atoms with van der Waals surface area (Å²) in [6, 6.07) is 2.53. The van der Waals surface area contributed by atoms with Gasteiger partial charge in [-0.1, -0.05) is 0 Å². The lowest BCUT2D eigenvalue weighted by Crippen LogP contribution is -2.22. The molecule has 126 valence electrons. The van der Waals surface area contributed by atoms with E-state index in [-0.39, 0.29) is 5.91 Å². The van der Waals surface area contributed by atoms with E-state index in [9.17, 15) is 4.79 Å². The van der Waals surface area contributed by atoms with Gasteiger partial charge < -0.3 is 10.1 Å². The van der Waals surface area contributed by atoms with E-state index in [4.69, 9.17) is 4.74 Å². The van der Waals surface area contributed by atoms with Crippen molar-refractivity contribution in [2.75, 3.05) is 18.5 Å². The minimum Gasteiger partial charge on any atom is -0.491 e. The molecule has 0 spiro atoms. The fourth-order valence-corrected chi connectivity index (χ4v) is 4.31. The number of thiazole rings is 1. The predicted octanol–water partition coefficient (Wildman–Crippen LogP) is 2.77. The Kier molecular flexibility index (Phi) is 4.20. The van der Waals surface area contributed by atoms with E-state index in [1.54, 1.807) is 11.3 Å². The Bertz CT molecular complexity index is 761. The summed E-state index contributed by atoms with van der Waals surface area (Å²) in [7, 11) is 0. The molecule has 1 N–H and O–H groups in total. The molecule has 4 rings (SSSR count). The van der Waals surface area contributed by atoms with Gasteiger partial charge in [-0.25, -0.2) is 4.98 Å². The molecular weight excluding hydrogens is 324 g/mol. The lowest BCUT2D eigenvalue weighted by molar-refractivity contribution is -0.114. The fourth-order valence-electron chi connectivity index (χ4n) is 3.42. The number of ether oxygens (including phenoxy) is 1. The summed E-state index contributed by atoms with van der Waals surface area (Å²) in [5, 5.41) is 3.41. The smallest absolute Gasteiger partial charge is 0.223 e. The molecule has 7 heteroatoms. The van der Waals surface area contributed by atoms with Crippen molar-refractivity contribution in [2.24, 2.45) is 0 Å². The first-order valence-corrected chi connectivity index (χ1v) is 9.08. The number of amides is 1. The maximum Gasteiger partial charge on any atom is 0.223 e. The first kappa shape index (κ1) is 15.5. The van der Waals surface area contributed by atoms with Crippen LogP contribution in [0.1, 0.15) is 41.9 Å². The summed E-state index contributed by atoms with van der Waals surface area (Å²) in [4.78, 5) is 23.6. The largest absolute Gasteiger partial charge is 0.491 e. The summed E-state index contributed by atoms with van der Waals surface area (Å²) in [5.74, 6) is 0.865. The van der Waals surface area contributed by atoms with Gasteiger partial charge in [-0.2, -0.15) is 0 Å². The van der Waals surface area contributed by atoms with Crippen molar-refractivity contribution >= 4 is 22.4 Å². The molecule has 4 heterocycles. The van der Waals surface area contributed by atoms with Crippen LogP contribution in [0.15, 0.2) is 18.5 Å². The van der Waals surface area contributed by atoms with Crippen LogP contribution < -0.4 is 10.1 Å². The molecule has 6 nitrogen and oxygen atoms in total. The van der Waals surface area contributed by atoms with E-state index in [0.717, 1.165) is 48.9 Å². The molecule has 0 bridgehead atoms. The van der Waals surface area contributed by atoms with Crippen molar-refractivity contribution in [1.29, 1.82) is 0 Å². The summed E-state index contributed by atoms with van der Waals surface area (Å²) in [6.07, 6.45) is 7.09. The number of anilines is 1.